The summed E-state index contributed by atoms with van der Waals surface area (Å²) < 4.78 is 35.2. The minimum atomic E-state index is -2.57. The van der Waals surface area contributed by atoms with Gasteiger partial charge in [-0.25, -0.2) is 4.98 Å². The Kier molecular flexibility index (Phi) is 16.1. The number of ether oxygens (including phenoxy) is 4. The number of halogens is 1. The lowest BCUT2D eigenvalue weighted by atomic mass is 10.0. The van der Waals surface area contributed by atoms with Crippen LogP contribution in [0.5, 0.6) is 5.75 Å². The molecule has 4 aromatic rings. The quantitative estimate of drug-likeness (QED) is 0.0242. The summed E-state index contributed by atoms with van der Waals surface area (Å²) in [7, 11) is -0.981. The zero-order chi connectivity index (χ0) is 47.5. The molecule has 1 aromatic heterocycles. The summed E-state index contributed by atoms with van der Waals surface area (Å²) in [6.45, 7) is 6.66. The van der Waals surface area contributed by atoms with E-state index in [1.54, 1.807) is 32.6 Å². The van der Waals surface area contributed by atoms with E-state index < -0.39 is 36.8 Å². The number of amides is 5. The molecule has 19 nitrogen and oxygen atoms in total. The number of nitrogens with one attached hydrogen (secondary N) is 5. The van der Waals surface area contributed by atoms with Crippen molar-refractivity contribution in [3.63, 3.8) is 0 Å². The van der Waals surface area contributed by atoms with Crippen LogP contribution in [0.1, 0.15) is 46.4 Å². The summed E-state index contributed by atoms with van der Waals surface area (Å²) in [5.74, 6) is -1.24. The van der Waals surface area contributed by atoms with E-state index in [9.17, 15) is 28.5 Å². The molecule has 3 aliphatic heterocycles. The molecule has 0 saturated carbocycles. The second-order valence-electron chi connectivity index (χ2n) is 16.2. The van der Waals surface area contributed by atoms with E-state index in [1.165, 1.54) is 24.6 Å². The van der Waals surface area contributed by atoms with Crippen molar-refractivity contribution in [2.75, 3.05) is 94.0 Å². The van der Waals surface area contributed by atoms with Gasteiger partial charge in [0.15, 0.2) is 5.82 Å². The highest BCUT2D eigenvalue weighted by molar-refractivity contribution is 7.70. The van der Waals surface area contributed by atoms with Gasteiger partial charge in [0.05, 0.1) is 68.5 Å². The van der Waals surface area contributed by atoms with E-state index in [0.717, 1.165) is 36.5 Å². The van der Waals surface area contributed by atoms with Crippen LogP contribution in [0, 0.1) is 0 Å². The summed E-state index contributed by atoms with van der Waals surface area (Å²) in [5, 5.41) is 15.8. The number of piperidine rings is 2. The maximum atomic E-state index is 13.2. The van der Waals surface area contributed by atoms with Gasteiger partial charge in [0, 0.05) is 60.9 Å². The normalized spacial score (nSPS) is 16.5. The van der Waals surface area contributed by atoms with E-state index >= 15 is 0 Å². The molecule has 67 heavy (non-hydrogen) atoms. The molecule has 0 aliphatic carbocycles. The fraction of sp³-hybridized carbons (Fsp3) is 0.370. The number of methoxy groups -OCH3 is 1. The summed E-state index contributed by atoms with van der Waals surface area (Å²) in [5.41, 5.74) is 3.12. The van der Waals surface area contributed by atoms with Crippen LogP contribution in [-0.4, -0.2) is 130 Å². The van der Waals surface area contributed by atoms with Crippen LogP contribution in [0.2, 0.25) is 5.02 Å². The number of carbonyl (C=O) groups excluding carboxylic acids is 5. The first-order chi connectivity index (χ1) is 32.3. The predicted molar refractivity (Wildman–Crippen MR) is 254 cm³/mol. The third kappa shape index (κ3) is 12.3. The Morgan fingerprint density at radius 1 is 0.896 bits per heavy atom. The molecule has 1 unspecified atom stereocenters. The maximum Gasteiger partial charge on any atom is 0.264 e. The average molecular weight is 958 g/mol. The fourth-order valence-corrected chi connectivity index (χ4v) is 9.14. The topological polar surface area (TPSA) is 232 Å². The van der Waals surface area contributed by atoms with E-state index in [2.05, 4.69) is 41.5 Å². The van der Waals surface area contributed by atoms with Gasteiger partial charge in [-0.1, -0.05) is 29.8 Å². The van der Waals surface area contributed by atoms with Crippen LogP contribution >= 0.6 is 18.7 Å². The minimum absolute atomic E-state index is 0.00345. The number of fused-ring (bicyclic) bond motifs is 1. The molecule has 21 heteroatoms. The van der Waals surface area contributed by atoms with Gasteiger partial charge in [-0.3, -0.25) is 34.2 Å². The number of aromatic nitrogens is 2. The summed E-state index contributed by atoms with van der Waals surface area (Å²) in [6, 6.07) is 17.0. The number of para-hydroxylation sites is 1. The third-order valence-electron chi connectivity index (χ3n) is 11.2. The van der Waals surface area contributed by atoms with Crippen molar-refractivity contribution in [3.8, 4) is 5.75 Å². The van der Waals surface area contributed by atoms with Gasteiger partial charge in [0.1, 0.15) is 30.6 Å². The van der Waals surface area contributed by atoms with Crippen molar-refractivity contribution >= 4 is 88.1 Å². The zero-order valence-electron chi connectivity index (χ0n) is 37.3. The number of nitrogens with zero attached hydrogens (tertiary/aromatic N) is 4. The van der Waals surface area contributed by atoms with E-state index in [4.69, 9.17) is 30.5 Å². The van der Waals surface area contributed by atoms with Gasteiger partial charge in [-0.15, -0.1) is 0 Å². The standard InChI is InChI=1S/C46H53ClN9O10P/c1-63-37-27-30(11-12-33(37)52-46-49-28-32(47)42(54-46)51-34-8-4-5-10-38(34)67(2,3)62)55-19-15-29(16-20-55)50-40(58)17-21-64-23-25-66-26-24-65-22-18-48-35-9-6-7-31-41(35)45(61)56(44(31)60)36-13-14-39(57)53-43(36)59/h4-12,17,21,27-29,36,48H,13-16,18-20,22-26H2,1-3H3,(H,50,58)(H,53,57,59)(H2,49,51,52,54). The molecule has 0 bridgehead atoms. The predicted octanol–water partition coefficient (Wildman–Crippen LogP) is 5.04. The highest BCUT2D eigenvalue weighted by Crippen LogP contribution is 2.39. The zero-order valence-corrected chi connectivity index (χ0v) is 39.0. The lowest BCUT2D eigenvalue weighted by Crippen LogP contribution is -2.54. The van der Waals surface area contributed by atoms with Crippen molar-refractivity contribution in [1.29, 1.82) is 0 Å². The molecule has 2 fully saturated rings. The minimum Gasteiger partial charge on any atom is -0.499 e. The van der Waals surface area contributed by atoms with E-state index in [0.29, 0.717) is 71.3 Å². The Morgan fingerprint density at radius 2 is 1.64 bits per heavy atom. The van der Waals surface area contributed by atoms with Gasteiger partial charge in [0.25, 0.3) is 11.8 Å². The molecule has 4 heterocycles. The number of hydrogen-bond acceptors (Lipinski definition) is 16. The number of benzene rings is 3. The smallest absolute Gasteiger partial charge is 0.264 e. The van der Waals surface area contributed by atoms with E-state index in [1.807, 2.05) is 42.5 Å². The van der Waals surface area contributed by atoms with Crippen LogP contribution in [-0.2, 0) is 33.2 Å². The van der Waals surface area contributed by atoms with Gasteiger partial charge < -0.3 is 49.7 Å². The number of anilines is 6. The maximum absolute atomic E-state index is 13.2. The van der Waals surface area contributed by atoms with Gasteiger partial charge in [0.2, 0.25) is 23.7 Å². The molecule has 3 aromatic carbocycles. The van der Waals surface area contributed by atoms with Crippen molar-refractivity contribution in [3.05, 3.63) is 95.3 Å². The number of hydrogen-bond donors (Lipinski definition) is 5. The first-order valence-electron chi connectivity index (χ1n) is 21.8. The van der Waals surface area contributed by atoms with Crippen molar-refractivity contribution in [1.82, 2.24) is 25.5 Å². The van der Waals surface area contributed by atoms with Crippen molar-refractivity contribution in [2.45, 2.75) is 37.8 Å². The van der Waals surface area contributed by atoms with Crippen LogP contribution in [0.3, 0.4) is 0 Å². The lowest BCUT2D eigenvalue weighted by molar-refractivity contribution is -0.136. The van der Waals surface area contributed by atoms with Crippen LogP contribution in [0.4, 0.5) is 34.5 Å². The van der Waals surface area contributed by atoms with Crippen molar-refractivity contribution < 1.29 is 47.5 Å². The molecule has 5 amide bonds. The number of imide groups is 2. The molecular weight excluding hydrogens is 905 g/mol. The second-order valence-corrected chi connectivity index (χ2v) is 19.8. The Balaban J connectivity index is 0.758. The van der Waals surface area contributed by atoms with Gasteiger partial charge in [-0.05, 0) is 69.0 Å². The molecule has 354 valence electrons. The second kappa shape index (κ2) is 22.3. The molecule has 7 rings (SSSR count). The van der Waals surface area contributed by atoms with Crippen molar-refractivity contribution in [2.24, 2.45) is 0 Å². The molecule has 2 saturated heterocycles. The molecule has 5 N–H and O–H groups in total. The number of carbonyl (C=O) groups is 5. The summed E-state index contributed by atoms with van der Waals surface area (Å²) in [4.78, 5) is 74.9. The van der Waals surface area contributed by atoms with Gasteiger partial charge >= 0.3 is 0 Å². The highest BCUT2D eigenvalue weighted by Gasteiger charge is 2.45. The first kappa shape index (κ1) is 48.4. The molecule has 0 radical (unpaired) electrons. The van der Waals surface area contributed by atoms with Crippen LogP contribution in [0.15, 0.2) is 79.2 Å². The Labute approximate surface area is 392 Å². The van der Waals surface area contributed by atoms with Crippen LogP contribution < -0.4 is 41.5 Å². The Bertz CT molecular complexity index is 2570. The third-order valence-corrected chi connectivity index (χ3v) is 13.0. The van der Waals surface area contributed by atoms with Crippen LogP contribution in [0.25, 0.3) is 0 Å². The first-order valence-corrected chi connectivity index (χ1v) is 24.8. The summed E-state index contributed by atoms with van der Waals surface area (Å²) in [6.07, 6.45) is 5.83. The largest absolute Gasteiger partial charge is 0.499 e. The Morgan fingerprint density at radius 3 is 2.40 bits per heavy atom. The highest BCUT2D eigenvalue weighted by atomic mass is 35.5. The SMILES string of the molecule is COc1cc(N2CCC(NC(=O)C=COCCOCCOCCNc3cccc4c3C(=O)N(C3CCC(=O)NC3=O)C4=O)CC2)ccc1Nc1ncc(Cl)c(Nc2ccccc2P(C)(C)=O)n1. The number of rotatable bonds is 21. The van der Waals surface area contributed by atoms with E-state index in [-0.39, 0.29) is 49.1 Å². The monoisotopic (exact) mass is 957 g/mol. The van der Waals surface area contributed by atoms with Gasteiger partial charge in [-0.2, -0.15) is 4.98 Å². The summed E-state index contributed by atoms with van der Waals surface area (Å²) >= 11 is 6.45. The molecule has 0 spiro atoms. The molecule has 3 aliphatic rings. The molecular formula is C46H53ClN9O10P. The fourth-order valence-electron chi connectivity index (χ4n) is 7.85. The molecule has 1 atom stereocenters. The average Bonchev–Trinajstić information content (AvgIpc) is 3.56. The Hall–Kier alpha value is -6.53. The lowest BCUT2D eigenvalue weighted by Gasteiger charge is -2.34.